The third-order valence-corrected chi connectivity index (χ3v) is 4.14. The second kappa shape index (κ2) is 8.85. The van der Waals surface area contributed by atoms with Gasteiger partial charge in [-0.3, -0.25) is 9.78 Å². The van der Waals surface area contributed by atoms with Gasteiger partial charge in [-0.25, -0.2) is 4.68 Å². The molecule has 1 aromatic carbocycles. The van der Waals surface area contributed by atoms with Gasteiger partial charge >= 0.3 is 6.18 Å². The minimum Gasteiger partial charge on any atom is -0.506 e. The quantitative estimate of drug-likeness (QED) is 0.612. The molecular weight excluding hydrogens is 401 g/mol. The highest BCUT2D eigenvalue weighted by atomic mass is 19.4. The molecule has 3 rings (SSSR count). The van der Waals surface area contributed by atoms with Crippen LogP contribution in [-0.4, -0.2) is 38.6 Å². The van der Waals surface area contributed by atoms with Gasteiger partial charge in [-0.1, -0.05) is 6.07 Å². The molecule has 30 heavy (non-hydrogen) atoms. The van der Waals surface area contributed by atoms with E-state index in [0.717, 1.165) is 0 Å². The summed E-state index contributed by atoms with van der Waals surface area (Å²) in [4.78, 5) is 16.3. The number of halogens is 3. The van der Waals surface area contributed by atoms with Crippen molar-refractivity contribution in [2.75, 3.05) is 6.61 Å². The van der Waals surface area contributed by atoms with Crippen LogP contribution in [0.15, 0.2) is 55.0 Å². The van der Waals surface area contributed by atoms with E-state index >= 15 is 0 Å². The summed E-state index contributed by atoms with van der Waals surface area (Å²) in [6.45, 7) is 0.307. The molecule has 0 saturated heterocycles. The Morgan fingerprint density at radius 2 is 2.10 bits per heavy atom. The first-order chi connectivity index (χ1) is 14.2. The van der Waals surface area contributed by atoms with Gasteiger partial charge in [-0.15, -0.1) is 0 Å². The smallest absolute Gasteiger partial charge is 0.422 e. The molecule has 0 spiro atoms. The first kappa shape index (κ1) is 21.2. The highest BCUT2D eigenvalue weighted by molar-refractivity contribution is 5.79. The minimum atomic E-state index is -4.43. The fourth-order valence-electron chi connectivity index (χ4n) is 2.73. The van der Waals surface area contributed by atoms with Crippen LogP contribution in [0.5, 0.6) is 11.5 Å². The second-order valence-electron chi connectivity index (χ2n) is 6.56. The van der Waals surface area contributed by atoms with Gasteiger partial charge in [0.1, 0.15) is 17.2 Å². The number of rotatable bonds is 7. The van der Waals surface area contributed by atoms with Gasteiger partial charge in [0.05, 0.1) is 24.4 Å². The number of phenols is 1. The number of carbonyl (C=O) groups excluding carboxylic acids is 1. The Balaban J connectivity index is 1.56. The number of alkyl halides is 3. The number of pyridine rings is 1. The molecule has 158 valence electrons. The summed E-state index contributed by atoms with van der Waals surface area (Å²) in [5, 5.41) is 17.0. The monoisotopic (exact) mass is 420 g/mol. The minimum absolute atomic E-state index is 0.00633. The predicted molar refractivity (Wildman–Crippen MR) is 101 cm³/mol. The third-order valence-electron chi connectivity index (χ3n) is 4.14. The number of amides is 1. The maximum absolute atomic E-state index is 12.3. The highest BCUT2D eigenvalue weighted by Crippen LogP contribution is 2.23. The highest BCUT2D eigenvalue weighted by Gasteiger charge is 2.28. The maximum Gasteiger partial charge on any atom is 0.422 e. The van der Waals surface area contributed by atoms with Crippen molar-refractivity contribution in [3.8, 4) is 17.2 Å². The van der Waals surface area contributed by atoms with Crippen molar-refractivity contribution in [3.05, 3.63) is 66.2 Å². The molecule has 0 aliphatic rings. The predicted octanol–water partition coefficient (Wildman–Crippen LogP) is 3.33. The first-order valence-corrected chi connectivity index (χ1v) is 8.98. The summed E-state index contributed by atoms with van der Waals surface area (Å²) in [5.41, 5.74) is 1.58. The summed E-state index contributed by atoms with van der Waals surface area (Å²) < 4.78 is 42.6. The average molecular weight is 420 g/mol. The van der Waals surface area contributed by atoms with Crippen molar-refractivity contribution in [1.82, 2.24) is 20.1 Å². The lowest BCUT2D eigenvalue weighted by molar-refractivity contribution is -0.153. The molecule has 0 aliphatic carbocycles. The summed E-state index contributed by atoms with van der Waals surface area (Å²) in [6.07, 6.45) is 0.0611. The van der Waals surface area contributed by atoms with Crippen molar-refractivity contribution in [1.29, 1.82) is 0 Å². The molecule has 3 aromatic rings. The van der Waals surface area contributed by atoms with Crippen LogP contribution in [-0.2, 0) is 11.2 Å². The standard InChI is InChI=1S/C20H19F3N4O3/c1-13(16-5-4-15(11-24-16)30-12-20(21,22)23)26-19(29)10-14-3-6-17(18(28)9-14)27-8-2-7-25-27/h2-9,11,13,28H,10,12H2,1H3,(H,26,29)/t13-/m1/s1. The maximum atomic E-state index is 12.3. The molecule has 0 bridgehead atoms. The van der Waals surface area contributed by atoms with Gasteiger partial charge in [0.2, 0.25) is 5.91 Å². The number of hydrogen-bond donors (Lipinski definition) is 2. The lowest BCUT2D eigenvalue weighted by Gasteiger charge is -2.15. The summed E-state index contributed by atoms with van der Waals surface area (Å²) >= 11 is 0. The van der Waals surface area contributed by atoms with Gasteiger partial charge in [-0.2, -0.15) is 18.3 Å². The van der Waals surface area contributed by atoms with Crippen molar-refractivity contribution >= 4 is 5.91 Å². The van der Waals surface area contributed by atoms with Crippen LogP contribution in [0.25, 0.3) is 5.69 Å². The van der Waals surface area contributed by atoms with E-state index in [-0.39, 0.29) is 23.8 Å². The molecule has 1 atom stereocenters. The number of hydrogen-bond acceptors (Lipinski definition) is 5. The van der Waals surface area contributed by atoms with E-state index in [1.54, 1.807) is 37.5 Å². The van der Waals surface area contributed by atoms with E-state index in [1.165, 1.54) is 29.1 Å². The van der Waals surface area contributed by atoms with Gasteiger partial charge in [-0.05, 0) is 42.8 Å². The van der Waals surface area contributed by atoms with E-state index in [4.69, 9.17) is 0 Å². The normalized spacial score (nSPS) is 12.4. The molecule has 0 fully saturated rings. The number of benzene rings is 1. The average Bonchev–Trinajstić information content (AvgIpc) is 3.20. The molecule has 0 saturated carbocycles. The first-order valence-electron chi connectivity index (χ1n) is 8.98. The zero-order valence-corrected chi connectivity index (χ0v) is 15.9. The Hall–Kier alpha value is -3.56. The Morgan fingerprint density at radius 1 is 1.30 bits per heavy atom. The topological polar surface area (TPSA) is 89.3 Å². The lowest BCUT2D eigenvalue weighted by Crippen LogP contribution is -2.28. The molecule has 0 unspecified atom stereocenters. The number of aromatic hydroxyl groups is 1. The second-order valence-corrected chi connectivity index (χ2v) is 6.56. The molecule has 7 nitrogen and oxygen atoms in total. The van der Waals surface area contributed by atoms with Crippen LogP contribution in [0.4, 0.5) is 13.2 Å². The van der Waals surface area contributed by atoms with Crippen LogP contribution in [0.3, 0.4) is 0 Å². The molecule has 10 heteroatoms. The number of carbonyl (C=O) groups is 1. The number of nitrogens with one attached hydrogen (secondary N) is 1. The molecule has 2 heterocycles. The lowest BCUT2D eigenvalue weighted by atomic mass is 10.1. The van der Waals surface area contributed by atoms with Crippen molar-refractivity contribution in [2.45, 2.75) is 25.6 Å². The number of phenolic OH excluding ortho intramolecular Hbond substituents is 1. The number of aromatic nitrogens is 3. The van der Waals surface area contributed by atoms with Gasteiger partial charge in [0.15, 0.2) is 6.61 Å². The van der Waals surface area contributed by atoms with E-state index < -0.39 is 18.8 Å². The van der Waals surface area contributed by atoms with E-state index in [0.29, 0.717) is 16.9 Å². The fraction of sp³-hybridized carbons (Fsp3) is 0.250. The Morgan fingerprint density at radius 3 is 2.70 bits per heavy atom. The SMILES string of the molecule is C[C@@H](NC(=O)Cc1ccc(-n2cccn2)c(O)c1)c1ccc(OCC(F)(F)F)cn1. The van der Waals surface area contributed by atoms with Crippen LogP contribution in [0.1, 0.15) is 24.2 Å². The van der Waals surface area contributed by atoms with Gasteiger partial charge in [0, 0.05) is 12.4 Å². The Bertz CT molecular complexity index is 990. The van der Waals surface area contributed by atoms with E-state index in [2.05, 4.69) is 20.1 Å². The molecule has 0 aliphatic heterocycles. The van der Waals surface area contributed by atoms with Crippen LogP contribution in [0.2, 0.25) is 0 Å². The van der Waals surface area contributed by atoms with Crippen LogP contribution in [0, 0.1) is 0 Å². The molecule has 2 aromatic heterocycles. The third kappa shape index (κ3) is 5.72. The zero-order valence-electron chi connectivity index (χ0n) is 15.9. The van der Waals surface area contributed by atoms with Crippen LogP contribution < -0.4 is 10.1 Å². The molecular formula is C20H19F3N4O3. The summed E-state index contributed by atoms with van der Waals surface area (Å²) in [5.74, 6) is -0.316. The van der Waals surface area contributed by atoms with E-state index in [9.17, 15) is 23.1 Å². The Kier molecular flexibility index (Phi) is 6.24. The van der Waals surface area contributed by atoms with Crippen LogP contribution >= 0.6 is 0 Å². The Labute approximate surface area is 170 Å². The van der Waals surface area contributed by atoms with Crippen molar-refractivity contribution in [2.24, 2.45) is 0 Å². The molecule has 0 radical (unpaired) electrons. The van der Waals surface area contributed by atoms with Crippen molar-refractivity contribution < 1.29 is 27.8 Å². The van der Waals surface area contributed by atoms with E-state index in [1.807, 2.05) is 0 Å². The molecule has 1 amide bonds. The van der Waals surface area contributed by atoms with Gasteiger partial charge < -0.3 is 15.2 Å². The van der Waals surface area contributed by atoms with Gasteiger partial charge in [0.25, 0.3) is 0 Å². The molecule has 2 N–H and O–H groups in total. The number of nitrogens with zero attached hydrogens (tertiary/aromatic N) is 3. The van der Waals surface area contributed by atoms with Crippen molar-refractivity contribution in [3.63, 3.8) is 0 Å². The summed E-state index contributed by atoms with van der Waals surface area (Å²) in [6, 6.07) is 8.98. The largest absolute Gasteiger partial charge is 0.506 e. The zero-order chi connectivity index (χ0) is 21.7. The fourth-order valence-corrected chi connectivity index (χ4v) is 2.73. The summed E-state index contributed by atoms with van der Waals surface area (Å²) in [7, 11) is 0. The number of ether oxygens (including phenoxy) is 1.